The highest BCUT2D eigenvalue weighted by Crippen LogP contribution is 2.28. The molecule has 0 aromatic heterocycles. The summed E-state index contributed by atoms with van der Waals surface area (Å²) in [5, 5.41) is 0. The van der Waals surface area contributed by atoms with Gasteiger partial charge in [0.05, 0.1) is 44.6 Å². The van der Waals surface area contributed by atoms with Crippen LogP contribution in [-0.2, 0) is 11.3 Å². The van der Waals surface area contributed by atoms with Gasteiger partial charge in [-0.25, -0.2) is 4.79 Å². The molecule has 0 saturated carbocycles. The molecule has 36 heavy (non-hydrogen) atoms. The Balaban J connectivity index is 1.49. The highest BCUT2D eigenvalue weighted by atomic mass is 16.5. The molecule has 0 aliphatic carbocycles. The first-order valence-electron chi connectivity index (χ1n) is 10.9. The van der Waals surface area contributed by atoms with Crippen LogP contribution in [-0.4, -0.2) is 56.4 Å². The van der Waals surface area contributed by atoms with Crippen molar-refractivity contribution >= 4 is 23.6 Å². The average molecular weight is 489 g/mol. The predicted molar refractivity (Wildman–Crippen MR) is 128 cm³/mol. The van der Waals surface area contributed by atoms with Gasteiger partial charge in [0, 0.05) is 6.07 Å². The molecule has 1 aliphatic heterocycles. The summed E-state index contributed by atoms with van der Waals surface area (Å²) in [5.41, 5.74) is 1.48. The summed E-state index contributed by atoms with van der Waals surface area (Å²) in [6.07, 6.45) is 0. The molecule has 0 fully saturated rings. The molecular formula is C27H23NO8. The van der Waals surface area contributed by atoms with Gasteiger partial charge in [-0.15, -0.1) is 0 Å². The zero-order valence-electron chi connectivity index (χ0n) is 19.9. The van der Waals surface area contributed by atoms with Crippen molar-refractivity contribution in [1.82, 2.24) is 4.90 Å². The first-order chi connectivity index (χ1) is 17.4. The maximum atomic E-state index is 12.9. The smallest absolute Gasteiger partial charge is 0.342 e. The number of amides is 2. The summed E-state index contributed by atoms with van der Waals surface area (Å²) in [5.74, 6) is -1.05. The van der Waals surface area contributed by atoms with E-state index in [4.69, 9.17) is 18.9 Å². The van der Waals surface area contributed by atoms with Crippen LogP contribution in [0.5, 0.6) is 17.2 Å². The quantitative estimate of drug-likeness (QED) is 0.255. The molecule has 0 atom stereocenters. The van der Waals surface area contributed by atoms with Gasteiger partial charge in [0.25, 0.3) is 11.8 Å². The number of hydrogen-bond donors (Lipinski definition) is 0. The summed E-state index contributed by atoms with van der Waals surface area (Å²) in [6, 6.07) is 15.9. The molecule has 0 N–H and O–H groups in total. The van der Waals surface area contributed by atoms with Gasteiger partial charge in [-0.2, -0.15) is 0 Å². The molecule has 0 radical (unpaired) electrons. The van der Waals surface area contributed by atoms with Gasteiger partial charge < -0.3 is 18.9 Å². The van der Waals surface area contributed by atoms with Crippen molar-refractivity contribution in [2.24, 2.45) is 0 Å². The number of carbonyl (C=O) groups excluding carboxylic acids is 4. The second-order valence-corrected chi connectivity index (χ2v) is 7.84. The van der Waals surface area contributed by atoms with Gasteiger partial charge in [-0.1, -0.05) is 18.2 Å². The summed E-state index contributed by atoms with van der Waals surface area (Å²) in [7, 11) is 4.31. The minimum absolute atomic E-state index is 0.0431. The van der Waals surface area contributed by atoms with Crippen molar-refractivity contribution in [3.63, 3.8) is 0 Å². The molecule has 2 amide bonds. The van der Waals surface area contributed by atoms with Gasteiger partial charge in [0.15, 0.2) is 6.61 Å². The number of nitrogens with zero attached hydrogens (tertiary/aromatic N) is 1. The molecule has 3 aromatic rings. The SMILES string of the molecule is COc1ccc(C(=O)COC(=O)c2cc(CN3C(=O)c4ccccc4C3=O)ccc2OC)c(OC)c1. The number of Topliss-reactive ketones (excluding diaryl/α,β-unsaturated/α-hetero) is 1. The fraction of sp³-hybridized carbons (Fsp3) is 0.185. The van der Waals surface area contributed by atoms with Crippen LogP contribution in [0.3, 0.4) is 0 Å². The van der Waals surface area contributed by atoms with Crippen LogP contribution in [0.2, 0.25) is 0 Å². The number of ketones is 1. The standard InChI is InChI=1S/C27H23NO8/c1-33-17-9-10-20(24(13-17)35-3)22(29)15-36-27(32)21-12-16(8-11-23(21)34-2)14-28-25(30)18-6-4-5-7-19(18)26(28)31/h4-13H,14-15H2,1-3H3. The Labute approximate surface area is 207 Å². The topological polar surface area (TPSA) is 108 Å². The molecule has 0 unspecified atom stereocenters. The van der Waals surface area contributed by atoms with Crippen LogP contribution in [0.4, 0.5) is 0 Å². The minimum Gasteiger partial charge on any atom is -0.497 e. The number of ether oxygens (including phenoxy) is 4. The van der Waals surface area contributed by atoms with Crippen molar-refractivity contribution < 1.29 is 38.1 Å². The summed E-state index contributed by atoms with van der Waals surface area (Å²) in [4.78, 5) is 52.0. The largest absolute Gasteiger partial charge is 0.497 e. The van der Waals surface area contributed by atoms with E-state index in [0.717, 1.165) is 4.90 Å². The fourth-order valence-electron chi connectivity index (χ4n) is 3.89. The minimum atomic E-state index is -0.795. The Morgan fingerprint density at radius 1 is 0.750 bits per heavy atom. The number of methoxy groups -OCH3 is 3. The van der Waals surface area contributed by atoms with E-state index in [-0.39, 0.29) is 29.2 Å². The zero-order valence-corrected chi connectivity index (χ0v) is 19.9. The maximum Gasteiger partial charge on any atom is 0.342 e. The molecule has 184 valence electrons. The van der Waals surface area contributed by atoms with E-state index in [0.29, 0.717) is 22.4 Å². The van der Waals surface area contributed by atoms with Gasteiger partial charge >= 0.3 is 5.97 Å². The van der Waals surface area contributed by atoms with Crippen LogP contribution in [0, 0.1) is 0 Å². The van der Waals surface area contributed by atoms with E-state index in [9.17, 15) is 19.2 Å². The predicted octanol–water partition coefficient (Wildman–Crippen LogP) is 3.55. The van der Waals surface area contributed by atoms with Crippen molar-refractivity contribution in [1.29, 1.82) is 0 Å². The lowest BCUT2D eigenvalue weighted by atomic mass is 10.1. The average Bonchev–Trinajstić information content (AvgIpc) is 3.15. The summed E-state index contributed by atoms with van der Waals surface area (Å²) < 4.78 is 20.9. The number of fused-ring (bicyclic) bond motifs is 1. The number of benzene rings is 3. The third-order valence-corrected chi connectivity index (χ3v) is 5.75. The first kappa shape index (κ1) is 24.5. The van der Waals surface area contributed by atoms with E-state index in [2.05, 4.69) is 0 Å². The van der Waals surface area contributed by atoms with Crippen molar-refractivity contribution in [3.05, 3.63) is 88.5 Å². The molecule has 0 bridgehead atoms. The van der Waals surface area contributed by atoms with Crippen molar-refractivity contribution in [2.75, 3.05) is 27.9 Å². The van der Waals surface area contributed by atoms with E-state index < -0.39 is 30.2 Å². The Morgan fingerprint density at radius 2 is 1.42 bits per heavy atom. The number of hydrogen-bond acceptors (Lipinski definition) is 8. The molecule has 9 heteroatoms. The van der Waals surface area contributed by atoms with Gasteiger partial charge in [0.1, 0.15) is 22.8 Å². The van der Waals surface area contributed by atoms with Crippen LogP contribution in [0.15, 0.2) is 60.7 Å². The summed E-state index contributed by atoms with van der Waals surface area (Å²) >= 11 is 0. The highest BCUT2D eigenvalue weighted by Gasteiger charge is 2.35. The maximum absolute atomic E-state index is 12.9. The molecule has 0 spiro atoms. The van der Waals surface area contributed by atoms with Gasteiger partial charge in [-0.3, -0.25) is 19.3 Å². The van der Waals surface area contributed by atoms with E-state index in [1.165, 1.54) is 33.5 Å². The Hall–Kier alpha value is -4.66. The van der Waals surface area contributed by atoms with Crippen molar-refractivity contribution in [3.8, 4) is 17.2 Å². The van der Waals surface area contributed by atoms with Crippen LogP contribution in [0.1, 0.15) is 47.0 Å². The number of rotatable bonds is 9. The van der Waals surface area contributed by atoms with Crippen LogP contribution < -0.4 is 14.2 Å². The Bertz CT molecular complexity index is 1330. The van der Waals surface area contributed by atoms with Gasteiger partial charge in [-0.05, 0) is 42.0 Å². The molecule has 0 saturated heterocycles. The summed E-state index contributed by atoms with van der Waals surface area (Å²) in [6.45, 7) is -0.577. The van der Waals surface area contributed by atoms with E-state index in [1.54, 1.807) is 48.5 Å². The van der Waals surface area contributed by atoms with Gasteiger partial charge in [0.2, 0.25) is 5.78 Å². The van der Waals surface area contributed by atoms with E-state index >= 15 is 0 Å². The highest BCUT2D eigenvalue weighted by molar-refractivity contribution is 6.21. The third kappa shape index (κ3) is 4.63. The number of carbonyl (C=O) groups is 4. The normalized spacial score (nSPS) is 12.2. The molecule has 3 aromatic carbocycles. The lowest BCUT2D eigenvalue weighted by Crippen LogP contribution is -2.29. The van der Waals surface area contributed by atoms with Crippen LogP contribution in [0.25, 0.3) is 0 Å². The molecule has 9 nitrogen and oxygen atoms in total. The second-order valence-electron chi connectivity index (χ2n) is 7.84. The second kappa shape index (κ2) is 10.3. The van der Waals surface area contributed by atoms with E-state index in [1.807, 2.05) is 0 Å². The molecular weight excluding hydrogens is 466 g/mol. The van der Waals surface area contributed by atoms with Crippen LogP contribution >= 0.6 is 0 Å². The third-order valence-electron chi connectivity index (χ3n) is 5.75. The fourth-order valence-corrected chi connectivity index (χ4v) is 3.89. The Morgan fingerprint density at radius 3 is 2.03 bits per heavy atom. The number of imide groups is 1. The lowest BCUT2D eigenvalue weighted by molar-refractivity contribution is 0.0470. The monoisotopic (exact) mass is 489 g/mol. The van der Waals surface area contributed by atoms with Crippen molar-refractivity contribution in [2.45, 2.75) is 6.54 Å². The first-order valence-corrected chi connectivity index (χ1v) is 10.9. The molecule has 4 rings (SSSR count). The number of esters is 1. The molecule has 1 heterocycles. The lowest BCUT2D eigenvalue weighted by Gasteiger charge is -2.16. The molecule has 1 aliphatic rings. The zero-order chi connectivity index (χ0) is 25.8. The Kier molecular flexibility index (Phi) is 7.00.